The summed E-state index contributed by atoms with van der Waals surface area (Å²) < 4.78 is 18.7. The molecule has 0 saturated heterocycles. The lowest BCUT2D eigenvalue weighted by Crippen LogP contribution is -2.28. The minimum atomic E-state index is -0.467. The zero-order chi connectivity index (χ0) is 17.9. The number of anilines is 1. The second-order valence-electron chi connectivity index (χ2n) is 5.65. The lowest BCUT2D eigenvalue weighted by atomic mass is 10.1. The highest BCUT2D eigenvalue weighted by Crippen LogP contribution is 2.22. The Morgan fingerprint density at radius 3 is 2.62 bits per heavy atom. The Hall–Kier alpha value is -2.70. The summed E-state index contributed by atoms with van der Waals surface area (Å²) >= 11 is 0. The molecular weight excluding hydrogens is 311 g/mol. The molecule has 6 nitrogen and oxygen atoms in total. The zero-order valence-electron chi connectivity index (χ0n) is 14.4. The number of aromatic nitrogens is 2. The molecule has 0 saturated carbocycles. The molecule has 0 radical (unpaired) electrons. The predicted octanol–water partition coefficient (Wildman–Crippen LogP) is 2.49. The van der Waals surface area contributed by atoms with Crippen LogP contribution in [0.3, 0.4) is 0 Å². The molecule has 0 unspecified atom stereocenters. The lowest BCUT2D eigenvalue weighted by molar-refractivity contribution is 0.0938. The molecule has 7 heteroatoms. The van der Waals surface area contributed by atoms with Crippen LogP contribution in [0.5, 0.6) is 5.75 Å². The molecule has 1 aromatic heterocycles. The zero-order valence-corrected chi connectivity index (χ0v) is 14.4. The first kappa shape index (κ1) is 17.7. The van der Waals surface area contributed by atoms with Gasteiger partial charge in [0.15, 0.2) is 11.6 Å². The Balaban J connectivity index is 2.15. The van der Waals surface area contributed by atoms with E-state index in [1.807, 2.05) is 14.1 Å². The van der Waals surface area contributed by atoms with Crippen molar-refractivity contribution in [1.82, 2.24) is 15.3 Å². The summed E-state index contributed by atoms with van der Waals surface area (Å²) in [6.07, 6.45) is 1.49. The summed E-state index contributed by atoms with van der Waals surface area (Å²) in [6.45, 7) is 3.53. The maximum absolute atomic E-state index is 13.8. The number of benzene rings is 1. The van der Waals surface area contributed by atoms with Crippen molar-refractivity contribution in [3.8, 4) is 5.75 Å². The first-order chi connectivity index (χ1) is 11.3. The lowest BCUT2D eigenvalue weighted by Gasteiger charge is -2.17. The van der Waals surface area contributed by atoms with Gasteiger partial charge < -0.3 is 15.0 Å². The molecule has 128 valence electrons. The molecule has 1 aromatic carbocycles. The highest BCUT2D eigenvalue weighted by atomic mass is 19.1. The molecule has 1 atom stereocenters. The minimum Gasteiger partial charge on any atom is -0.494 e. The van der Waals surface area contributed by atoms with Crippen LogP contribution in [0.4, 0.5) is 10.3 Å². The molecular formula is C17H21FN4O2. The number of amides is 1. The van der Waals surface area contributed by atoms with Crippen molar-refractivity contribution < 1.29 is 13.9 Å². The van der Waals surface area contributed by atoms with E-state index < -0.39 is 5.82 Å². The van der Waals surface area contributed by atoms with Gasteiger partial charge in [0.1, 0.15) is 0 Å². The predicted molar refractivity (Wildman–Crippen MR) is 89.9 cm³/mol. The third-order valence-corrected chi connectivity index (χ3v) is 3.63. The van der Waals surface area contributed by atoms with Gasteiger partial charge in [0.2, 0.25) is 5.95 Å². The van der Waals surface area contributed by atoms with E-state index in [-0.39, 0.29) is 17.7 Å². The third kappa shape index (κ3) is 3.79. The topological polar surface area (TPSA) is 67.3 Å². The van der Waals surface area contributed by atoms with E-state index in [1.54, 1.807) is 24.8 Å². The van der Waals surface area contributed by atoms with Crippen LogP contribution in [0.2, 0.25) is 0 Å². The number of ether oxygens (including phenoxy) is 1. The smallest absolute Gasteiger partial charge is 0.255 e. The Morgan fingerprint density at radius 1 is 1.38 bits per heavy atom. The normalized spacial score (nSPS) is 11.8. The number of carbonyl (C=O) groups excluding carboxylic acids is 1. The van der Waals surface area contributed by atoms with Gasteiger partial charge in [-0.25, -0.2) is 14.4 Å². The summed E-state index contributed by atoms with van der Waals surface area (Å²) in [5.41, 5.74) is 1.62. The van der Waals surface area contributed by atoms with Gasteiger partial charge in [-0.05, 0) is 31.5 Å². The SMILES string of the molecule is COc1ccc([C@H](C)NC(=O)c2cnc(N(C)C)nc2C)cc1F. The molecule has 1 heterocycles. The number of nitrogens with one attached hydrogen (secondary N) is 1. The molecule has 2 aromatic rings. The molecule has 1 N–H and O–H groups in total. The molecule has 0 fully saturated rings. The van der Waals surface area contributed by atoms with E-state index >= 15 is 0 Å². The van der Waals surface area contributed by atoms with Crippen molar-refractivity contribution in [3.05, 3.63) is 47.0 Å². The average Bonchev–Trinajstić information content (AvgIpc) is 2.54. The Morgan fingerprint density at radius 2 is 2.08 bits per heavy atom. The number of carbonyl (C=O) groups is 1. The maximum atomic E-state index is 13.8. The van der Waals surface area contributed by atoms with Gasteiger partial charge >= 0.3 is 0 Å². The number of rotatable bonds is 5. The maximum Gasteiger partial charge on any atom is 0.255 e. The quantitative estimate of drug-likeness (QED) is 0.911. The summed E-state index contributed by atoms with van der Waals surface area (Å²) in [5.74, 6) is -0.0670. The number of hydrogen-bond donors (Lipinski definition) is 1. The highest BCUT2D eigenvalue weighted by molar-refractivity contribution is 5.95. The molecule has 24 heavy (non-hydrogen) atoms. The van der Waals surface area contributed by atoms with Crippen LogP contribution in [0.1, 0.15) is 34.6 Å². The summed E-state index contributed by atoms with van der Waals surface area (Å²) in [5, 5.41) is 2.83. The summed E-state index contributed by atoms with van der Waals surface area (Å²) in [4.78, 5) is 22.6. The fourth-order valence-corrected chi connectivity index (χ4v) is 2.20. The number of methoxy groups -OCH3 is 1. The Labute approximate surface area is 140 Å². The molecule has 0 aliphatic rings. The van der Waals surface area contributed by atoms with Crippen LogP contribution in [-0.2, 0) is 0 Å². The van der Waals surface area contributed by atoms with Gasteiger partial charge in [-0.2, -0.15) is 0 Å². The van der Waals surface area contributed by atoms with E-state index in [4.69, 9.17) is 4.74 Å². The van der Waals surface area contributed by atoms with Crippen molar-refractivity contribution in [3.63, 3.8) is 0 Å². The third-order valence-electron chi connectivity index (χ3n) is 3.63. The van der Waals surface area contributed by atoms with Crippen molar-refractivity contribution in [1.29, 1.82) is 0 Å². The first-order valence-electron chi connectivity index (χ1n) is 7.48. The van der Waals surface area contributed by atoms with Crippen molar-refractivity contribution in [2.45, 2.75) is 19.9 Å². The van der Waals surface area contributed by atoms with Gasteiger partial charge in [-0.3, -0.25) is 4.79 Å². The molecule has 0 aliphatic carbocycles. The number of aryl methyl sites for hydroxylation is 1. The van der Waals surface area contributed by atoms with Crippen LogP contribution in [0.25, 0.3) is 0 Å². The fourth-order valence-electron chi connectivity index (χ4n) is 2.20. The summed E-state index contributed by atoms with van der Waals surface area (Å²) in [7, 11) is 5.06. The Kier molecular flexibility index (Phi) is 5.33. The van der Waals surface area contributed by atoms with Crippen LogP contribution < -0.4 is 15.0 Å². The monoisotopic (exact) mass is 332 g/mol. The van der Waals surface area contributed by atoms with E-state index in [0.717, 1.165) is 0 Å². The van der Waals surface area contributed by atoms with Crippen molar-refractivity contribution in [2.75, 3.05) is 26.1 Å². The highest BCUT2D eigenvalue weighted by Gasteiger charge is 2.16. The van der Waals surface area contributed by atoms with Gasteiger partial charge in [0.25, 0.3) is 5.91 Å². The number of nitrogens with zero attached hydrogens (tertiary/aromatic N) is 3. The molecule has 0 aliphatic heterocycles. The second kappa shape index (κ2) is 7.25. The largest absolute Gasteiger partial charge is 0.494 e. The van der Waals surface area contributed by atoms with E-state index in [0.29, 0.717) is 22.8 Å². The van der Waals surface area contributed by atoms with E-state index in [9.17, 15) is 9.18 Å². The number of halogens is 1. The van der Waals surface area contributed by atoms with Crippen LogP contribution >= 0.6 is 0 Å². The molecule has 1 amide bonds. The van der Waals surface area contributed by atoms with Gasteiger partial charge in [0.05, 0.1) is 24.4 Å². The fraction of sp³-hybridized carbons (Fsp3) is 0.353. The second-order valence-corrected chi connectivity index (χ2v) is 5.65. The van der Waals surface area contributed by atoms with Crippen molar-refractivity contribution in [2.24, 2.45) is 0 Å². The van der Waals surface area contributed by atoms with E-state index in [1.165, 1.54) is 25.4 Å². The first-order valence-corrected chi connectivity index (χ1v) is 7.48. The van der Waals surface area contributed by atoms with Gasteiger partial charge in [-0.15, -0.1) is 0 Å². The standard InChI is InChI=1S/C17H21FN4O2/c1-10(12-6-7-15(24-5)14(18)8-12)20-16(23)13-9-19-17(22(3)4)21-11(13)2/h6-10H,1-5H3,(H,20,23)/t10-/m0/s1. The summed E-state index contributed by atoms with van der Waals surface area (Å²) in [6, 6.07) is 4.23. The van der Waals surface area contributed by atoms with Gasteiger partial charge in [0, 0.05) is 20.3 Å². The molecule has 0 bridgehead atoms. The minimum absolute atomic E-state index is 0.167. The Bertz CT molecular complexity index is 749. The number of hydrogen-bond acceptors (Lipinski definition) is 5. The van der Waals surface area contributed by atoms with E-state index in [2.05, 4.69) is 15.3 Å². The average molecular weight is 332 g/mol. The van der Waals surface area contributed by atoms with Gasteiger partial charge in [-0.1, -0.05) is 6.07 Å². The van der Waals surface area contributed by atoms with Crippen LogP contribution in [0.15, 0.2) is 24.4 Å². The molecule has 2 rings (SSSR count). The molecule has 0 spiro atoms. The van der Waals surface area contributed by atoms with Crippen LogP contribution in [0, 0.1) is 12.7 Å². The van der Waals surface area contributed by atoms with Crippen molar-refractivity contribution >= 4 is 11.9 Å². The van der Waals surface area contributed by atoms with Crippen LogP contribution in [-0.4, -0.2) is 37.1 Å².